The molecule has 0 radical (unpaired) electrons. The van der Waals surface area contributed by atoms with Crippen molar-refractivity contribution in [3.05, 3.63) is 81.0 Å². The van der Waals surface area contributed by atoms with Gasteiger partial charge >= 0.3 is 5.97 Å². The first kappa shape index (κ1) is 19.5. The van der Waals surface area contributed by atoms with Gasteiger partial charge in [0.15, 0.2) is 5.11 Å². The predicted octanol–water partition coefficient (Wildman–Crippen LogP) is 3.79. The van der Waals surface area contributed by atoms with Crippen molar-refractivity contribution in [2.75, 3.05) is 12.0 Å². The van der Waals surface area contributed by atoms with Gasteiger partial charge in [-0.2, -0.15) is 0 Å². The van der Waals surface area contributed by atoms with Gasteiger partial charge in [0.25, 0.3) is 5.69 Å². The van der Waals surface area contributed by atoms with Crippen LogP contribution in [0.1, 0.15) is 24.1 Å². The number of rotatable bonds is 4. The smallest absolute Gasteiger partial charge is 0.337 e. The molecule has 1 aliphatic heterocycles. The number of carbonyl (C=O) groups excluding carboxylic acids is 1. The van der Waals surface area contributed by atoms with E-state index in [1.54, 1.807) is 24.0 Å². The number of esters is 1. The quantitative estimate of drug-likeness (QED) is 0.364. The lowest BCUT2D eigenvalue weighted by Gasteiger charge is -2.37. The maximum atomic E-state index is 12.6. The summed E-state index contributed by atoms with van der Waals surface area (Å²) in [4.78, 5) is 24.8. The number of thiocarbonyl (C=S) groups is 1. The highest BCUT2D eigenvalue weighted by molar-refractivity contribution is 7.80. The van der Waals surface area contributed by atoms with Gasteiger partial charge in [-0.25, -0.2) is 4.79 Å². The van der Waals surface area contributed by atoms with Gasteiger partial charge in [0, 0.05) is 23.5 Å². The van der Waals surface area contributed by atoms with Gasteiger partial charge in [-0.3, -0.25) is 15.0 Å². The zero-order valence-corrected chi connectivity index (χ0v) is 16.4. The third-order valence-electron chi connectivity index (χ3n) is 4.59. The van der Waals surface area contributed by atoms with Crippen molar-refractivity contribution in [3.63, 3.8) is 0 Å². The number of nitro benzene ring substituents is 1. The summed E-state index contributed by atoms with van der Waals surface area (Å²) in [6.45, 7) is 3.78. The fraction of sp³-hybridized carbons (Fsp3) is 0.200. The third-order valence-corrected chi connectivity index (χ3v) is 4.89. The van der Waals surface area contributed by atoms with Crippen LogP contribution in [-0.4, -0.2) is 23.1 Å². The van der Waals surface area contributed by atoms with E-state index in [9.17, 15) is 14.9 Å². The van der Waals surface area contributed by atoms with Crippen LogP contribution in [0.2, 0.25) is 0 Å². The summed E-state index contributed by atoms with van der Waals surface area (Å²) < 4.78 is 5.00. The van der Waals surface area contributed by atoms with Crippen LogP contribution in [0.4, 0.5) is 11.4 Å². The van der Waals surface area contributed by atoms with E-state index in [2.05, 4.69) is 5.32 Å². The number of anilines is 1. The summed E-state index contributed by atoms with van der Waals surface area (Å²) in [6.07, 6.45) is 0. The second-order valence-corrected chi connectivity index (χ2v) is 6.78. The van der Waals surface area contributed by atoms with Gasteiger partial charge in [-0.15, -0.1) is 0 Å². The Balaban J connectivity index is 2.11. The molecule has 0 unspecified atom stereocenters. The fourth-order valence-electron chi connectivity index (χ4n) is 3.23. The first-order chi connectivity index (χ1) is 13.3. The number of nitro groups is 1. The topological polar surface area (TPSA) is 84.7 Å². The van der Waals surface area contributed by atoms with Crippen molar-refractivity contribution in [1.29, 1.82) is 0 Å². The lowest BCUT2D eigenvalue weighted by molar-refractivity contribution is -0.384. The number of ether oxygens (including phenoxy) is 1. The number of hydrogen-bond acceptors (Lipinski definition) is 5. The van der Waals surface area contributed by atoms with Gasteiger partial charge < -0.3 is 10.1 Å². The van der Waals surface area contributed by atoms with Gasteiger partial charge in [-0.05, 0) is 61.5 Å². The molecule has 0 amide bonds. The Kier molecular flexibility index (Phi) is 5.41. The van der Waals surface area contributed by atoms with Crippen molar-refractivity contribution in [2.24, 2.45) is 0 Å². The number of nitrogens with zero attached hydrogens (tertiary/aromatic N) is 2. The largest absolute Gasteiger partial charge is 0.466 e. The third kappa shape index (κ3) is 3.59. The Morgan fingerprint density at radius 3 is 2.46 bits per heavy atom. The second-order valence-electron chi connectivity index (χ2n) is 6.40. The molecule has 0 spiro atoms. The summed E-state index contributed by atoms with van der Waals surface area (Å²) >= 11 is 5.57. The first-order valence-electron chi connectivity index (χ1n) is 8.54. The van der Waals surface area contributed by atoms with Crippen molar-refractivity contribution in [2.45, 2.75) is 19.9 Å². The van der Waals surface area contributed by atoms with E-state index < -0.39 is 16.9 Å². The number of aryl methyl sites for hydroxylation is 1. The van der Waals surface area contributed by atoms with Gasteiger partial charge in [-0.1, -0.05) is 12.1 Å². The number of benzene rings is 2. The Hall–Kier alpha value is -3.26. The van der Waals surface area contributed by atoms with Crippen LogP contribution >= 0.6 is 12.2 Å². The normalized spacial score (nSPS) is 16.6. The lowest BCUT2D eigenvalue weighted by atomic mass is 9.94. The highest BCUT2D eigenvalue weighted by Gasteiger charge is 2.35. The van der Waals surface area contributed by atoms with Gasteiger partial charge in [0.2, 0.25) is 0 Å². The average molecular weight is 397 g/mol. The van der Waals surface area contributed by atoms with Crippen LogP contribution in [0.25, 0.3) is 0 Å². The van der Waals surface area contributed by atoms with Gasteiger partial charge in [0.05, 0.1) is 23.6 Å². The molecule has 0 bridgehead atoms. The molecule has 1 heterocycles. The Bertz CT molecular complexity index is 985. The summed E-state index contributed by atoms with van der Waals surface area (Å²) in [5.74, 6) is -0.492. The molecule has 144 valence electrons. The summed E-state index contributed by atoms with van der Waals surface area (Å²) in [5.41, 5.74) is 3.58. The monoisotopic (exact) mass is 397 g/mol. The summed E-state index contributed by atoms with van der Waals surface area (Å²) in [7, 11) is 1.32. The van der Waals surface area contributed by atoms with E-state index in [4.69, 9.17) is 17.0 Å². The Labute approximate surface area is 167 Å². The van der Waals surface area contributed by atoms with Crippen LogP contribution < -0.4 is 10.2 Å². The molecule has 0 saturated carbocycles. The number of hydrogen-bond donors (Lipinski definition) is 1. The predicted molar refractivity (Wildman–Crippen MR) is 110 cm³/mol. The number of allylic oxidation sites excluding steroid dienone is 1. The summed E-state index contributed by atoms with van der Waals surface area (Å²) in [6, 6.07) is 13.2. The zero-order chi connectivity index (χ0) is 20.4. The molecule has 0 saturated heterocycles. The van der Waals surface area contributed by atoms with Crippen LogP contribution in [0.5, 0.6) is 0 Å². The molecule has 28 heavy (non-hydrogen) atoms. The minimum Gasteiger partial charge on any atom is -0.466 e. The minimum atomic E-state index is -0.568. The molecule has 3 rings (SSSR count). The SMILES string of the molecule is COC(=O)C1=C(C)N(c2cccc(C)c2)C(=S)N[C@H]1c1ccc([N+](=O)[O-])cc1. The van der Waals surface area contributed by atoms with Crippen molar-refractivity contribution in [3.8, 4) is 0 Å². The van der Waals surface area contributed by atoms with E-state index >= 15 is 0 Å². The van der Waals surface area contributed by atoms with Gasteiger partial charge in [0.1, 0.15) is 0 Å². The van der Waals surface area contributed by atoms with E-state index in [1.165, 1.54) is 19.2 Å². The standard InChI is InChI=1S/C20H19N3O4S/c1-12-5-4-6-16(11-12)22-13(2)17(19(24)27-3)18(21-20(22)28)14-7-9-15(10-8-14)23(25)26/h4-11,18H,1-3H3,(H,21,28)/t18-/m0/s1. The molecule has 2 aromatic rings. The first-order valence-corrected chi connectivity index (χ1v) is 8.95. The number of methoxy groups -OCH3 is 1. The van der Waals surface area contributed by atoms with E-state index in [0.29, 0.717) is 21.9 Å². The molecule has 0 fully saturated rings. The molecule has 8 heteroatoms. The Morgan fingerprint density at radius 2 is 1.89 bits per heavy atom. The number of nitrogens with one attached hydrogen (secondary N) is 1. The molecule has 7 nitrogen and oxygen atoms in total. The van der Waals surface area contributed by atoms with Crippen molar-refractivity contribution < 1.29 is 14.5 Å². The highest BCUT2D eigenvalue weighted by Crippen LogP contribution is 2.34. The molecule has 1 N–H and O–H groups in total. The van der Waals surface area contributed by atoms with Crippen LogP contribution in [0.15, 0.2) is 59.8 Å². The number of carbonyl (C=O) groups is 1. The summed E-state index contributed by atoms with van der Waals surface area (Å²) in [5, 5.41) is 14.5. The van der Waals surface area contributed by atoms with E-state index in [-0.39, 0.29) is 5.69 Å². The fourth-order valence-corrected chi connectivity index (χ4v) is 3.59. The zero-order valence-electron chi connectivity index (χ0n) is 15.6. The molecular formula is C20H19N3O4S. The Morgan fingerprint density at radius 1 is 1.21 bits per heavy atom. The molecule has 1 aliphatic rings. The van der Waals surface area contributed by atoms with E-state index in [0.717, 1.165) is 11.3 Å². The molecular weight excluding hydrogens is 378 g/mol. The van der Waals surface area contributed by atoms with Crippen molar-refractivity contribution in [1.82, 2.24) is 5.32 Å². The molecule has 1 atom stereocenters. The van der Waals surface area contributed by atoms with Crippen LogP contribution in [0, 0.1) is 17.0 Å². The minimum absolute atomic E-state index is 0.0242. The molecule has 0 aromatic heterocycles. The lowest BCUT2D eigenvalue weighted by Crippen LogP contribution is -2.48. The van der Waals surface area contributed by atoms with E-state index in [1.807, 2.05) is 31.2 Å². The van der Waals surface area contributed by atoms with Crippen molar-refractivity contribution >= 4 is 34.7 Å². The second kappa shape index (κ2) is 7.77. The molecule has 0 aliphatic carbocycles. The maximum Gasteiger partial charge on any atom is 0.337 e. The van der Waals surface area contributed by atoms with Crippen LogP contribution in [0.3, 0.4) is 0 Å². The van der Waals surface area contributed by atoms with Crippen LogP contribution in [-0.2, 0) is 9.53 Å². The maximum absolute atomic E-state index is 12.6. The number of non-ortho nitro benzene ring substituents is 1. The molecule has 2 aromatic carbocycles. The highest BCUT2D eigenvalue weighted by atomic mass is 32.1. The average Bonchev–Trinajstić information content (AvgIpc) is 2.67.